The second kappa shape index (κ2) is 6.95. The first kappa shape index (κ1) is 14.4. The molecule has 0 aliphatic heterocycles. The van der Waals surface area contributed by atoms with Gasteiger partial charge in [-0.3, -0.25) is 0 Å². The van der Waals surface area contributed by atoms with Crippen molar-refractivity contribution in [2.45, 2.75) is 38.0 Å². The highest BCUT2D eigenvalue weighted by atomic mass is 16.5. The third kappa shape index (κ3) is 3.97. The Labute approximate surface area is 117 Å². The second-order valence-corrected chi connectivity index (χ2v) is 6.02. The van der Waals surface area contributed by atoms with E-state index in [0.717, 1.165) is 17.6 Å². The summed E-state index contributed by atoms with van der Waals surface area (Å²) in [5.41, 5.74) is 1.47. The molecule has 1 aromatic rings. The fraction of sp³-hybridized carbons (Fsp3) is 0.647. The van der Waals surface area contributed by atoms with Gasteiger partial charge in [-0.25, -0.2) is 0 Å². The molecule has 2 unspecified atom stereocenters. The fourth-order valence-electron chi connectivity index (χ4n) is 3.29. The lowest BCUT2D eigenvalue weighted by Gasteiger charge is -2.33. The molecule has 0 radical (unpaired) electrons. The maximum absolute atomic E-state index is 5.37. The van der Waals surface area contributed by atoms with E-state index in [2.05, 4.69) is 37.2 Å². The number of rotatable bonds is 5. The molecule has 1 saturated carbocycles. The average Bonchev–Trinajstić information content (AvgIpc) is 2.45. The van der Waals surface area contributed by atoms with Crippen LogP contribution in [0.3, 0.4) is 0 Å². The molecule has 1 aliphatic carbocycles. The molecule has 0 amide bonds. The maximum atomic E-state index is 5.37. The molecular formula is C17H27NO. The van der Waals surface area contributed by atoms with Gasteiger partial charge in [0.15, 0.2) is 0 Å². The van der Waals surface area contributed by atoms with Gasteiger partial charge in [0.05, 0.1) is 7.11 Å². The zero-order valence-corrected chi connectivity index (χ0v) is 12.6. The highest BCUT2D eigenvalue weighted by molar-refractivity contribution is 5.31. The molecule has 0 aromatic heterocycles. The molecule has 1 aromatic carbocycles. The van der Waals surface area contributed by atoms with Crippen molar-refractivity contribution < 1.29 is 4.74 Å². The minimum atomic E-state index is 0.726. The van der Waals surface area contributed by atoms with Gasteiger partial charge in [-0.1, -0.05) is 25.0 Å². The molecule has 2 heteroatoms. The summed E-state index contributed by atoms with van der Waals surface area (Å²) in [6.45, 7) is 1.20. The molecule has 2 atom stereocenters. The van der Waals surface area contributed by atoms with E-state index >= 15 is 0 Å². The minimum absolute atomic E-state index is 0.726. The molecule has 0 N–H and O–H groups in total. The van der Waals surface area contributed by atoms with Crippen LogP contribution in [-0.4, -0.2) is 32.6 Å². The van der Waals surface area contributed by atoms with Crippen LogP contribution in [0.25, 0.3) is 0 Å². The molecule has 1 fully saturated rings. The fourth-order valence-corrected chi connectivity index (χ4v) is 3.29. The standard InChI is InChI=1S/C17H27NO/c1-18(2)12-11-14-7-4-5-10-17(14)15-8-6-9-16(13-15)19-3/h6,8-9,13-14,17H,4-5,7,10-12H2,1-3H3. The summed E-state index contributed by atoms with van der Waals surface area (Å²) in [5, 5.41) is 0. The van der Waals surface area contributed by atoms with Gasteiger partial charge < -0.3 is 9.64 Å². The molecule has 19 heavy (non-hydrogen) atoms. The molecule has 0 spiro atoms. The SMILES string of the molecule is COc1cccc(C2CCCCC2CCN(C)C)c1. The first-order valence-electron chi connectivity index (χ1n) is 7.49. The molecule has 2 nitrogen and oxygen atoms in total. The van der Waals surface area contributed by atoms with Gasteiger partial charge in [0.2, 0.25) is 0 Å². The van der Waals surface area contributed by atoms with Gasteiger partial charge in [-0.05, 0) is 69.4 Å². The Morgan fingerprint density at radius 2 is 2.00 bits per heavy atom. The Kier molecular flexibility index (Phi) is 5.26. The van der Waals surface area contributed by atoms with E-state index in [4.69, 9.17) is 4.74 Å². The summed E-state index contributed by atoms with van der Waals surface area (Å²) in [6, 6.07) is 8.69. The summed E-state index contributed by atoms with van der Waals surface area (Å²) < 4.78 is 5.37. The molecule has 0 saturated heterocycles. The highest BCUT2D eigenvalue weighted by Gasteiger charge is 2.26. The lowest BCUT2D eigenvalue weighted by molar-refractivity contribution is 0.258. The van der Waals surface area contributed by atoms with E-state index in [-0.39, 0.29) is 0 Å². The van der Waals surface area contributed by atoms with Crippen molar-refractivity contribution in [2.75, 3.05) is 27.7 Å². The van der Waals surface area contributed by atoms with Crippen LogP contribution >= 0.6 is 0 Å². The van der Waals surface area contributed by atoms with Crippen LogP contribution in [0.15, 0.2) is 24.3 Å². The first-order chi connectivity index (χ1) is 9.20. The molecule has 2 rings (SSSR count). The second-order valence-electron chi connectivity index (χ2n) is 6.02. The van der Waals surface area contributed by atoms with Crippen molar-refractivity contribution in [2.24, 2.45) is 5.92 Å². The summed E-state index contributed by atoms with van der Waals surface area (Å²) in [6.07, 6.45) is 6.81. The monoisotopic (exact) mass is 261 g/mol. The van der Waals surface area contributed by atoms with E-state index in [1.54, 1.807) is 7.11 Å². The van der Waals surface area contributed by atoms with Crippen LogP contribution in [0.4, 0.5) is 0 Å². The normalized spacial score (nSPS) is 23.6. The van der Waals surface area contributed by atoms with E-state index in [0.29, 0.717) is 0 Å². The zero-order chi connectivity index (χ0) is 13.7. The van der Waals surface area contributed by atoms with Crippen LogP contribution in [0.5, 0.6) is 5.75 Å². The number of hydrogen-bond acceptors (Lipinski definition) is 2. The zero-order valence-electron chi connectivity index (χ0n) is 12.6. The third-order valence-corrected chi connectivity index (χ3v) is 4.38. The smallest absolute Gasteiger partial charge is 0.119 e. The number of benzene rings is 1. The highest BCUT2D eigenvalue weighted by Crippen LogP contribution is 2.40. The van der Waals surface area contributed by atoms with Crippen molar-refractivity contribution in [1.82, 2.24) is 4.90 Å². The quantitative estimate of drug-likeness (QED) is 0.796. The Morgan fingerprint density at radius 3 is 2.74 bits per heavy atom. The largest absolute Gasteiger partial charge is 0.497 e. The van der Waals surface area contributed by atoms with Crippen molar-refractivity contribution in [3.63, 3.8) is 0 Å². The topological polar surface area (TPSA) is 12.5 Å². The van der Waals surface area contributed by atoms with Gasteiger partial charge in [-0.2, -0.15) is 0 Å². The van der Waals surface area contributed by atoms with Crippen molar-refractivity contribution in [3.05, 3.63) is 29.8 Å². The Bertz CT molecular complexity index is 389. The number of methoxy groups -OCH3 is 1. The number of nitrogens with zero attached hydrogens (tertiary/aromatic N) is 1. The summed E-state index contributed by atoms with van der Waals surface area (Å²) in [4.78, 5) is 2.30. The van der Waals surface area contributed by atoms with Gasteiger partial charge in [0, 0.05) is 0 Å². The Balaban J connectivity index is 2.09. The molecule has 0 heterocycles. The molecular weight excluding hydrogens is 234 g/mol. The van der Waals surface area contributed by atoms with E-state index in [9.17, 15) is 0 Å². The lowest BCUT2D eigenvalue weighted by atomic mass is 9.74. The summed E-state index contributed by atoms with van der Waals surface area (Å²) in [7, 11) is 6.09. The van der Waals surface area contributed by atoms with Crippen molar-refractivity contribution in [1.29, 1.82) is 0 Å². The molecule has 0 bridgehead atoms. The van der Waals surface area contributed by atoms with E-state index in [1.807, 2.05) is 6.07 Å². The van der Waals surface area contributed by atoms with E-state index < -0.39 is 0 Å². The predicted molar refractivity (Wildman–Crippen MR) is 80.9 cm³/mol. The molecule has 1 aliphatic rings. The minimum Gasteiger partial charge on any atom is -0.497 e. The Morgan fingerprint density at radius 1 is 1.21 bits per heavy atom. The van der Waals surface area contributed by atoms with Crippen molar-refractivity contribution >= 4 is 0 Å². The van der Waals surface area contributed by atoms with Gasteiger partial charge in [0.1, 0.15) is 5.75 Å². The van der Waals surface area contributed by atoms with Crippen LogP contribution < -0.4 is 4.74 Å². The maximum Gasteiger partial charge on any atom is 0.119 e. The van der Waals surface area contributed by atoms with E-state index in [1.165, 1.54) is 44.2 Å². The number of hydrogen-bond donors (Lipinski definition) is 0. The van der Waals surface area contributed by atoms with Crippen LogP contribution in [-0.2, 0) is 0 Å². The summed E-state index contributed by atoms with van der Waals surface area (Å²) in [5.74, 6) is 2.56. The third-order valence-electron chi connectivity index (χ3n) is 4.38. The van der Waals surface area contributed by atoms with Crippen LogP contribution in [0.2, 0.25) is 0 Å². The number of ether oxygens (including phenoxy) is 1. The molecule has 106 valence electrons. The van der Waals surface area contributed by atoms with Crippen LogP contribution in [0.1, 0.15) is 43.6 Å². The van der Waals surface area contributed by atoms with Crippen LogP contribution in [0, 0.1) is 5.92 Å². The van der Waals surface area contributed by atoms with Gasteiger partial charge >= 0.3 is 0 Å². The summed E-state index contributed by atoms with van der Waals surface area (Å²) >= 11 is 0. The van der Waals surface area contributed by atoms with Gasteiger partial charge in [0.25, 0.3) is 0 Å². The Hall–Kier alpha value is -1.02. The lowest BCUT2D eigenvalue weighted by Crippen LogP contribution is -2.23. The average molecular weight is 261 g/mol. The predicted octanol–water partition coefficient (Wildman–Crippen LogP) is 3.92. The van der Waals surface area contributed by atoms with Crippen molar-refractivity contribution in [3.8, 4) is 5.75 Å². The van der Waals surface area contributed by atoms with Gasteiger partial charge in [-0.15, -0.1) is 0 Å². The first-order valence-corrected chi connectivity index (χ1v) is 7.49.